The van der Waals surface area contributed by atoms with Crippen LogP contribution in [0.5, 0.6) is 0 Å². The van der Waals surface area contributed by atoms with Gasteiger partial charge in [-0.3, -0.25) is 0 Å². The van der Waals surface area contributed by atoms with Gasteiger partial charge >= 0.3 is 5.97 Å². The Morgan fingerprint density at radius 1 is 1.20 bits per heavy atom. The van der Waals surface area contributed by atoms with E-state index >= 15 is 0 Å². The molecule has 1 aromatic carbocycles. The van der Waals surface area contributed by atoms with Gasteiger partial charge in [0, 0.05) is 5.92 Å². The molecule has 0 bridgehead atoms. The van der Waals surface area contributed by atoms with Gasteiger partial charge in [-0.05, 0) is 32.4 Å². The second-order valence-corrected chi connectivity index (χ2v) is 5.89. The molecule has 0 spiro atoms. The Hall–Kier alpha value is -2.01. The minimum absolute atomic E-state index is 0.205. The van der Waals surface area contributed by atoms with Crippen molar-refractivity contribution in [2.75, 3.05) is 0 Å². The number of benzene rings is 1. The van der Waals surface area contributed by atoms with Crippen LogP contribution in [0.3, 0.4) is 0 Å². The maximum Gasteiger partial charge on any atom is 0.347 e. The Morgan fingerprint density at radius 3 is 2.30 bits per heavy atom. The third-order valence-corrected chi connectivity index (χ3v) is 2.22. The zero-order valence-corrected chi connectivity index (χ0v) is 12.9. The standard InChI is InChI=1S/C18H22O2/c1-14(2)11-12-16(17(19)20-18(3,4)5)13-15-9-7-6-8-10-15/h6-10,13-14H,1-5H3. The number of hydrogen-bond donors (Lipinski definition) is 0. The molecule has 0 saturated carbocycles. The quantitative estimate of drug-likeness (QED) is 0.460. The molecular formula is C18H22O2. The maximum atomic E-state index is 12.2. The highest BCUT2D eigenvalue weighted by molar-refractivity contribution is 5.98. The summed E-state index contributed by atoms with van der Waals surface area (Å²) in [5, 5.41) is 0. The van der Waals surface area contributed by atoms with Crippen molar-refractivity contribution in [2.45, 2.75) is 40.2 Å². The Bertz CT molecular complexity index is 534. The summed E-state index contributed by atoms with van der Waals surface area (Å²) in [5.74, 6) is 5.77. The molecule has 0 aliphatic rings. The third kappa shape index (κ3) is 6.24. The summed E-state index contributed by atoms with van der Waals surface area (Å²) < 4.78 is 5.39. The van der Waals surface area contributed by atoms with Crippen molar-refractivity contribution >= 4 is 12.0 Å². The molecule has 1 aromatic rings. The molecule has 0 heterocycles. The molecule has 0 aliphatic carbocycles. The van der Waals surface area contributed by atoms with E-state index in [2.05, 4.69) is 11.8 Å². The molecule has 0 aromatic heterocycles. The molecule has 0 atom stereocenters. The maximum absolute atomic E-state index is 12.2. The number of ether oxygens (including phenoxy) is 1. The van der Waals surface area contributed by atoms with E-state index in [-0.39, 0.29) is 11.9 Å². The highest BCUT2D eigenvalue weighted by atomic mass is 16.6. The number of carbonyl (C=O) groups excluding carboxylic acids is 1. The largest absolute Gasteiger partial charge is 0.456 e. The van der Waals surface area contributed by atoms with Crippen molar-refractivity contribution < 1.29 is 9.53 Å². The summed E-state index contributed by atoms with van der Waals surface area (Å²) in [7, 11) is 0. The first-order valence-corrected chi connectivity index (χ1v) is 6.79. The second kappa shape index (κ2) is 6.96. The van der Waals surface area contributed by atoms with Crippen LogP contribution in [0.1, 0.15) is 40.2 Å². The number of rotatable bonds is 2. The van der Waals surface area contributed by atoms with Gasteiger partial charge in [-0.1, -0.05) is 56.0 Å². The van der Waals surface area contributed by atoms with Crippen molar-refractivity contribution in [3.8, 4) is 11.8 Å². The van der Waals surface area contributed by atoms with Gasteiger partial charge in [0.05, 0.1) is 0 Å². The van der Waals surface area contributed by atoms with Crippen LogP contribution < -0.4 is 0 Å². The van der Waals surface area contributed by atoms with E-state index in [4.69, 9.17) is 4.74 Å². The Kier molecular flexibility index (Phi) is 5.58. The molecule has 0 N–H and O–H groups in total. The molecule has 0 aliphatic heterocycles. The van der Waals surface area contributed by atoms with Crippen LogP contribution in [0.15, 0.2) is 35.9 Å². The second-order valence-electron chi connectivity index (χ2n) is 5.89. The molecule has 20 heavy (non-hydrogen) atoms. The van der Waals surface area contributed by atoms with Crippen LogP contribution in [-0.2, 0) is 9.53 Å². The van der Waals surface area contributed by atoms with E-state index in [9.17, 15) is 4.79 Å². The number of esters is 1. The lowest BCUT2D eigenvalue weighted by atomic mass is 10.1. The van der Waals surface area contributed by atoms with Crippen LogP contribution in [0.4, 0.5) is 0 Å². The molecule has 0 radical (unpaired) electrons. The highest BCUT2D eigenvalue weighted by Crippen LogP contribution is 2.13. The zero-order chi connectivity index (χ0) is 15.2. The molecule has 0 unspecified atom stereocenters. The summed E-state index contributed by atoms with van der Waals surface area (Å²) in [5.41, 5.74) is 0.804. The molecule has 2 nitrogen and oxygen atoms in total. The van der Waals surface area contributed by atoms with Crippen molar-refractivity contribution in [3.05, 3.63) is 41.5 Å². The number of carbonyl (C=O) groups is 1. The lowest BCUT2D eigenvalue weighted by Gasteiger charge is -2.19. The van der Waals surface area contributed by atoms with E-state index in [1.54, 1.807) is 6.08 Å². The van der Waals surface area contributed by atoms with Crippen molar-refractivity contribution in [1.29, 1.82) is 0 Å². The van der Waals surface area contributed by atoms with E-state index < -0.39 is 5.60 Å². The Balaban J connectivity index is 3.07. The topological polar surface area (TPSA) is 26.3 Å². The van der Waals surface area contributed by atoms with Crippen molar-refractivity contribution in [2.24, 2.45) is 5.92 Å². The van der Waals surface area contributed by atoms with E-state index in [0.29, 0.717) is 5.57 Å². The summed E-state index contributed by atoms with van der Waals surface area (Å²) >= 11 is 0. The normalized spacial score (nSPS) is 11.8. The number of hydrogen-bond acceptors (Lipinski definition) is 2. The fourth-order valence-electron chi connectivity index (χ4n) is 1.42. The molecule has 106 valence electrons. The molecule has 2 heteroatoms. The van der Waals surface area contributed by atoms with Crippen molar-refractivity contribution in [3.63, 3.8) is 0 Å². The molecular weight excluding hydrogens is 248 g/mol. The van der Waals surface area contributed by atoms with Gasteiger partial charge in [0.2, 0.25) is 0 Å². The van der Waals surface area contributed by atoms with Gasteiger partial charge in [0.15, 0.2) is 0 Å². The Morgan fingerprint density at radius 2 is 1.80 bits per heavy atom. The van der Waals surface area contributed by atoms with Gasteiger partial charge < -0.3 is 4.74 Å². The van der Waals surface area contributed by atoms with E-state index in [1.165, 1.54) is 0 Å². The summed E-state index contributed by atoms with van der Waals surface area (Å²) in [6.45, 7) is 9.52. The first-order chi connectivity index (χ1) is 9.28. The average molecular weight is 270 g/mol. The van der Waals surface area contributed by atoms with Gasteiger partial charge in [0.25, 0.3) is 0 Å². The minimum atomic E-state index is -0.521. The molecule has 0 saturated heterocycles. The Labute approximate surface area is 121 Å². The van der Waals surface area contributed by atoms with Crippen molar-refractivity contribution in [1.82, 2.24) is 0 Å². The summed E-state index contributed by atoms with van der Waals surface area (Å²) in [6.07, 6.45) is 1.77. The first kappa shape index (κ1) is 16.0. The lowest BCUT2D eigenvalue weighted by molar-refractivity contribution is -0.149. The molecule has 0 amide bonds. The van der Waals surface area contributed by atoms with E-state index in [1.807, 2.05) is 65.0 Å². The smallest absolute Gasteiger partial charge is 0.347 e. The average Bonchev–Trinajstić information content (AvgIpc) is 2.33. The fourth-order valence-corrected chi connectivity index (χ4v) is 1.42. The monoisotopic (exact) mass is 270 g/mol. The van der Waals surface area contributed by atoms with Crippen LogP contribution in [0.2, 0.25) is 0 Å². The van der Waals surface area contributed by atoms with Gasteiger partial charge in [-0.25, -0.2) is 4.79 Å². The van der Waals surface area contributed by atoms with Crippen LogP contribution >= 0.6 is 0 Å². The summed E-state index contributed by atoms with van der Waals surface area (Å²) in [6, 6.07) is 9.65. The highest BCUT2D eigenvalue weighted by Gasteiger charge is 2.18. The lowest BCUT2D eigenvalue weighted by Crippen LogP contribution is -2.24. The zero-order valence-electron chi connectivity index (χ0n) is 12.9. The SMILES string of the molecule is CC(C)C#CC(=Cc1ccccc1)C(=O)OC(C)(C)C. The van der Waals surface area contributed by atoms with Gasteiger partial charge in [-0.15, -0.1) is 0 Å². The summed E-state index contributed by atoms with van der Waals surface area (Å²) in [4.78, 5) is 12.2. The fraction of sp³-hybridized carbons (Fsp3) is 0.389. The van der Waals surface area contributed by atoms with Gasteiger partial charge in [-0.2, -0.15) is 0 Å². The van der Waals surface area contributed by atoms with E-state index in [0.717, 1.165) is 5.56 Å². The molecule has 1 rings (SSSR count). The first-order valence-electron chi connectivity index (χ1n) is 6.79. The molecule has 0 fully saturated rings. The predicted octanol–water partition coefficient (Wildman–Crippen LogP) is 4.07. The minimum Gasteiger partial charge on any atom is -0.456 e. The van der Waals surface area contributed by atoms with Crippen LogP contribution in [0.25, 0.3) is 6.08 Å². The third-order valence-electron chi connectivity index (χ3n) is 2.22. The van der Waals surface area contributed by atoms with Crippen LogP contribution in [0, 0.1) is 17.8 Å². The van der Waals surface area contributed by atoms with Crippen LogP contribution in [-0.4, -0.2) is 11.6 Å². The van der Waals surface area contributed by atoms with Gasteiger partial charge in [0.1, 0.15) is 11.2 Å². The predicted molar refractivity (Wildman–Crippen MR) is 82.9 cm³/mol.